The fraction of sp³-hybridized carbons (Fsp3) is 0.250. The molecule has 1 heterocycles. The molecule has 0 amide bonds. The van der Waals surface area contributed by atoms with Crippen LogP contribution < -0.4 is 0 Å². The van der Waals surface area contributed by atoms with Gasteiger partial charge in [-0.2, -0.15) is 0 Å². The molecule has 0 radical (unpaired) electrons. The molecule has 3 heteroatoms. The maximum atomic E-state index is 5.79. The van der Waals surface area contributed by atoms with Crippen molar-refractivity contribution in [1.82, 2.24) is 0 Å². The van der Waals surface area contributed by atoms with Crippen LogP contribution in [0.4, 0.5) is 0 Å². The second kappa shape index (κ2) is 5.54. The Kier molecular flexibility index (Phi) is 3.79. The molecule has 19 heavy (non-hydrogen) atoms. The van der Waals surface area contributed by atoms with E-state index in [2.05, 4.69) is 48.5 Å². The molecule has 1 nitrogen and oxygen atoms in total. The van der Waals surface area contributed by atoms with Gasteiger partial charge in [-0.1, -0.05) is 48.5 Å². The van der Waals surface area contributed by atoms with Crippen LogP contribution in [0, 0.1) is 0 Å². The molecule has 1 saturated heterocycles. The van der Waals surface area contributed by atoms with E-state index in [9.17, 15) is 0 Å². The second-order valence-electron chi connectivity index (χ2n) is 4.73. The largest absolute Gasteiger partial charge is 0.359 e. The summed E-state index contributed by atoms with van der Waals surface area (Å²) in [5.41, 5.74) is 4.68. The van der Waals surface area contributed by atoms with E-state index in [-0.39, 0.29) is 12.2 Å². The lowest BCUT2D eigenvalue weighted by molar-refractivity contribution is 0.377. The Morgan fingerprint density at radius 3 is 1.37 bits per heavy atom. The fourth-order valence-electron chi connectivity index (χ4n) is 2.21. The summed E-state index contributed by atoms with van der Waals surface area (Å²) in [6.45, 7) is 0. The predicted octanol–water partition coefficient (Wildman–Crippen LogP) is 4.98. The van der Waals surface area contributed by atoms with Gasteiger partial charge in [0.1, 0.15) is 12.2 Å². The van der Waals surface area contributed by atoms with Crippen LogP contribution in [0.15, 0.2) is 48.5 Å². The zero-order chi connectivity index (χ0) is 13.2. The van der Waals surface area contributed by atoms with E-state index in [4.69, 9.17) is 27.9 Å². The normalized spacial score (nSPS) is 21.4. The van der Waals surface area contributed by atoms with E-state index < -0.39 is 0 Å². The van der Waals surface area contributed by atoms with E-state index >= 15 is 0 Å². The summed E-state index contributed by atoms with van der Waals surface area (Å²) in [5, 5.41) is 0. The van der Waals surface area contributed by atoms with Gasteiger partial charge in [0.05, 0.1) is 0 Å². The Bertz CT molecular complexity index is 496. The van der Waals surface area contributed by atoms with Crippen LogP contribution in [0.5, 0.6) is 0 Å². The van der Waals surface area contributed by atoms with Crippen molar-refractivity contribution in [3.05, 3.63) is 70.8 Å². The first kappa shape index (κ1) is 13.0. The third kappa shape index (κ3) is 2.79. The zero-order valence-corrected chi connectivity index (χ0v) is 11.9. The van der Waals surface area contributed by atoms with Crippen LogP contribution in [0.25, 0.3) is 0 Å². The number of alkyl halides is 2. The van der Waals surface area contributed by atoms with Crippen LogP contribution >= 0.6 is 23.2 Å². The van der Waals surface area contributed by atoms with Crippen molar-refractivity contribution >= 4 is 23.2 Å². The molecule has 98 valence electrons. The summed E-state index contributed by atoms with van der Waals surface area (Å²) in [7, 11) is 0. The van der Waals surface area contributed by atoms with Gasteiger partial charge in [0.15, 0.2) is 0 Å². The standard InChI is InChI=1S/C16H14Cl2O/c17-9-11-1-5-13(6-2-11)15-16(19-15)14-7-3-12(10-18)4-8-14/h1-8,15-16H,9-10H2/t15-,16-/m1/s1. The van der Waals surface area contributed by atoms with Crippen molar-refractivity contribution in [2.24, 2.45) is 0 Å². The topological polar surface area (TPSA) is 12.5 Å². The molecule has 1 aliphatic heterocycles. The molecule has 0 aromatic heterocycles. The summed E-state index contributed by atoms with van der Waals surface area (Å²) in [4.78, 5) is 0. The Labute approximate surface area is 123 Å². The van der Waals surface area contributed by atoms with Crippen molar-refractivity contribution in [1.29, 1.82) is 0 Å². The molecule has 3 rings (SSSR count). The van der Waals surface area contributed by atoms with Gasteiger partial charge in [-0.15, -0.1) is 23.2 Å². The van der Waals surface area contributed by atoms with Crippen molar-refractivity contribution in [2.45, 2.75) is 24.0 Å². The Hall–Kier alpha value is -1.02. The molecule has 0 saturated carbocycles. The summed E-state index contributed by atoms with van der Waals surface area (Å²) in [6, 6.07) is 16.6. The van der Waals surface area contributed by atoms with Crippen molar-refractivity contribution in [3.63, 3.8) is 0 Å². The molecule has 2 aromatic carbocycles. The minimum absolute atomic E-state index is 0.172. The van der Waals surface area contributed by atoms with E-state index in [1.165, 1.54) is 11.1 Å². The lowest BCUT2D eigenvalue weighted by Gasteiger charge is -2.00. The molecule has 0 spiro atoms. The molecule has 0 bridgehead atoms. The highest BCUT2D eigenvalue weighted by molar-refractivity contribution is 6.17. The molecule has 0 N–H and O–H groups in total. The maximum Gasteiger partial charge on any atom is 0.114 e. The van der Waals surface area contributed by atoms with E-state index in [1.807, 2.05) is 0 Å². The third-order valence-corrected chi connectivity index (χ3v) is 4.03. The van der Waals surface area contributed by atoms with Gasteiger partial charge in [0.2, 0.25) is 0 Å². The number of hydrogen-bond donors (Lipinski definition) is 0. The van der Waals surface area contributed by atoms with Crippen LogP contribution in [-0.2, 0) is 16.5 Å². The molecule has 0 unspecified atom stereocenters. The molecular formula is C16H14Cl2O. The van der Waals surface area contributed by atoms with Gasteiger partial charge >= 0.3 is 0 Å². The number of epoxide rings is 1. The van der Waals surface area contributed by atoms with Gasteiger partial charge in [-0.05, 0) is 22.3 Å². The Morgan fingerprint density at radius 1 is 0.684 bits per heavy atom. The first-order valence-corrected chi connectivity index (χ1v) is 7.34. The van der Waals surface area contributed by atoms with Crippen molar-refractivity contribution in [3.8, 4) is 0 Å². The van der Waals surface area contributed by atoms with E-state index in [0.29, 0.717) is 11.8 Å². The minimum Gasteiger partial charge on any atom is -0.359 e. The molecule has 2 atom stereocenters. The van der Waals surface area contributed by atoms with Crippen LogP contribution in [0.2, 0.25) is 0 Å². The van der Waals surface area contributed by atoms with Crippen molar-refractivity contribution < 1.29 is 4.74 Å². The minimum atomic E-state index is 0.172. The highest BCUT2D eigenvalue weighted by Gasteiger charge is 2.41. The molecule has 2 aromatic rings. The average Bonchev–Trinajstić information content (AvgIpc) is 3.28. The lowest BCUT2D eigenvalue weighted by Crippen LogP contribution is -1.86. The maximum absolute atomic E-state index is 5.79. The van der Waals surface area contributed by atoms with Crippen molar-refractivity contribution in [2.75, 3.05) is 0 Å². The molecular weight excluding hydrogens is 279 g/mol. The van der Waals surface area contributed by atoms with Gasteiger partial charge in [-0.25, -0.2) is 0 Å². The molecule has 0 aliphatic carbocycles. The summed E-state index contributed by atoms with van der Waals surface area (Å²) < 4.78 is 5.77. The predicted molar refractivity (Wildman–Crippen MR) is 78.6 cm³/mol. The van der Waals surface area contributed by atoms with Gasteiger partial charge < -0.3 is 4.74 Å². The zero-order valence-electron chi connectivity index (χ0n) is 10.4. The van der Waals surface area contributed by atoms with Crippen LogP contribution in [-0.4, -0.2) is 0 Å². The first-order valence-electron chi connectivity index (χ1n) is 6.27. The quantitative estimate of drug-likeness (QED) is 0.572. The molecule has 1 fully saturated rings. The average molecular weight is 293 g/mol. The van der Waals surface area contributed by atoms with Gasteiger partial charge in [-0.3, -0.25) is 0 Å². The summed E-state index contributed by atoms with van der Waals surface area (Å²) in [6.07, 6.45) is 0.345. The summed E-state index contributed by atoms with van der Waals surface area (Å²) in [5.74, 6) is 1.10. The van der Waals surface area contributed by atoms with Gasteiger partial charge in [0, 0.05) is 11.8 Å². The number of hydrogen-bond acceptors (Lipinski definition) is 1. The van der Waals surface area contributed by atoms with Crippen LogP contribution in [0.1, 0.15) is 34.5 Å². The SMILES string of the molecule is ClCc1ccc([C@H]2O[C@@H]2c2ccc(CCl)cc2)cc1. The van der Waals surface area contributed by atoms with Crippen LogP contribution in [0.3, 0.4) is 0 Å². The highest BCUT2D eigenvalue weighted by Crippen LogP contribution is 2.50. The van der Waals surface area contributed by atoms with E-state index in [1.54, 1.807) is 0 Å². The number of benzene rings is 2. The monoisotopic (exact) mass is 292 g/mol. The molecule has 1 aliphatic rings. The Morgan fingerprint density at radius 2 is 1.05 bits per heavy atom. The number of halogens is 2. The Balaban J connectivity index is 1.72. The third-order valence-electron chi connectivity index (χ3n) is 3.42. The summed E-state index contributed by atoms with van der Waals surface area (Å²) >= 11 is 11.6. The number of ether oxygens (including phenoxy) is 1. The number of rotatable bonds is 4. The highest BCUT2D eigenvalue weighted by atomic mass is 35.5. The van der Waals surface area contributed by atoms with E-state index in [0.717, 1.165) is 11.1 Å². The van der Waals surface area contributed by atoms with Gasteiger partial charge in [0.25, 0.3) is 0 Å². The second-order valence-corrected chi connectivity index (χ2v) is 5.26. The first-order chi connectivity index (χ1) is 9.31. The lowest BCUT2D eigenvalue weighted by atomic mass is 10.0. The smallest absolute Gasteiger partial charge is 0.114 e. The fourth-order valence-corrected chi connectivity index (χ4v) is 2.57.